The van der Waals surface area contributed by atoms with Crippen molar-refractivity contribution in [2.45, 2.75) is 32.2 Å². The lowest BCUT2D eigenvalue weighted by atomic mass is 10.1. The molecule has 1 aliphatic rings. The lowest BCUT2D eigenvalue weighted by molar-refractivity contribution is -0.140. The molecule has 1 saturated heterocycles. The maximum atomic E-state index is 12.4. The number of nitrogens with two attached hydrogens (primary N) is 1. The van der Waals surface area contributed by atoms with Crippen LogP contribution in [-0.4, -0.2) is 35.9 Å². The van der Waals surface area contributed by atoms with E-state index in [0.29, 0.717) is 26.0 Å². The van der Waals surface area contributed by atoms with Crippen molar-refractivity contribution in [1.82, 2.24) is 4.90 Å². The van der Waals surface area contributed by atoms with E-state index >= 15 is 0 Å². The minimum atomic E-state index is -0.435. The molecule has 0 aliphatic carbocycles. The van der Waals surface area contributed by atoms with E-state index in [1.165, 1.54) is 0 Å². The first-order chi connectivity index (χ1) is 10.1. The summed E-state index contributed by atoms with van der Waals surface area (Å²) < 4.78 is 5.60. The molecule has 1 aliphatic heterocycles. The van der Waals surface area contributed by atoms with E-state index in [2.05, 4.69) is 0 Å². The molecule has 114 valence electrons. The number of para-hydroxylation sites is 1. The van der Waals surface area contributed by atoms with Gasteiger partial charge in [-0.15, -0.1) is 0 Å². The zero-order valence-corrected chi connectivity index (χ0v) is 12.3. The number of hydrogen-bond acceptors (Lipinski definition) is 3. The summed E-state index contributed by atoms with van der Waals surface area (Å²) in [6.45, 7) is 2.97. The zero-order chi connectivity index (χ0) is 15.2. The first-order valence-corrected chi connectivity index (χ1v) is 7.37. The summed E-state index contributed by atoms with van der Waals surface area (Å²) in [5.74, 6) is 0.212. The van der Waals surface area contributed by atoms with Crippen molar-refractivity contribution in [2.24, 2.45) is 11.7 Å². The van der Waals surface area contributed by atoms with Gasteiger partial charge >= 0.3 is 0 Å². The fraction of sp³-hybridized carbons (Fsp3) is 0.500. The Labute approximate surface area is 125 Å². The van der Waals surface area contributed by atoms with E-state index < -0.39 is 11.9 Å². The van der Waals surface area contributed by atoms with Gasteiger partial charge in [0.2, 0.25) is 11.8 Å². The van der Waals surface area contributed by atoms with Crippen molar-refractivity contribution in [3.63, 3.8) is 0 Å². The fourth-order valence-electron chi connectivity index (χ4n) is 2.60. The van der Waals surface area contributed by atoms with E-state index in [1.54, 1.807) is 4.90 Å². The number of primary amides is 1. The highest BCUT2D eigenvalue weighted by molar-refractivity contribution is 5.88. The number of hydrogen-bond donors (Lipinski definition) is 1. The smallest absolute Gasteiger partial charge is 0.240 e. The third-order valence-corrected chi connectivity index (χ3v) is 3.85. The van der Waals surface area contributed by atoms with Crippen molar-refractivity contribution in [3.8, 4) is 5.75 Å². The van der Waals surface area contributed by atoms with E-state index in [0.717, 1.165) is 12.2 Å². The molecule has 1 aromatic carbocycles. The molecule has 0 spiro atoms. The van der Waals surface area contributed by atoms with Gasteiger partial charge in [-0.3, -0.25) is 9.59 Å². The van der Waals surface area contributed by atoms with Gasteiger partial charge in [0.25, 0.3) is 0 Å². The standard InChI is InChI=1S/C16H22N2O3/c1-12(9-11-21-13-6-3-2-4-7-13)16(20)18-10-5-8-14(18)15(17)19/h2-4,6-7,12,14H,5,8-11H2,1H3,(H2,17,19)/t12-,14+/m1/s1. The molecule has 0 radical (unpaired) electrons. The van der Waals surface area contributed by atoms with Crippen LogP contribution in [0.15, 0.2) is 30.3 Å². The SMILES string of the molecule is C[C@H](CCOc1ccccc1)C(=O)N1CCC[C@H]1C(N)=O. The molecule has 2 atom stereocenters. The number of carbonyl (C=O) groups is 2. The number of nitrogens with zero attached hydrogens (tertiary/aromatic N) is 1. The van der Waals surface area contributed by atoms with E-state index in [-0.39, 0.29) is 11.8 Å². The highest BCUT2D eigenvalue weighted by Gasteiger charge is 2.34. The molecular formula is C16H22N2O3. The zero-order valence-electron chi connectivity index (χ0n) is 12.3. The minimum Gasteiger partial charge on any atom is -0.494 e. The number of amides is 2. The molecule has 0 aromatic heterocycles. The quantitative estimate of drug-likeness (QED) is 0.864. The first-order valence-electron chi connectivity index (χ1n) is 7.37. The molecule has 5 heteroatoms. The normalized spacial score (nSPS) is 19.3. The number of carbonyl (C=O) groups excluding carboxylic acids is 2. The Hall–Kier alpha value is -2.04. The maximum absolute atomic E-state index is 12.4. The second-order valence-electron chi connectivity index (χ2n) is 5.44. The number of ether oxygens (including phenoxy) is 1. The van der Waals surface area contributed by atoms with Crippen LogP contribution in [0.3, 0.4) is 0 Å². The third kappa shape index (κ3) is 3.97. The van der Waals surface area contributed by atoms with Gasteiger partial charge < -0.3 is 15.4 Å². The van der Waals surface area contributed by atoms with Gasteiger partial charge in [-0.1, -0.05) is 25.1 Å². The molecule has 2 N–H and O–H groups in total. The maximum Gasteiger partial charge on any atom is 0.240 e. The Kier molecular flexibility index (Phi) is 5.20. The molecule has 1 fully saturated rings. The summed E-state index contributed by atoms with van der Waals surface area (Å²) in [6.07, 6.45) is 2.14. The van der Waals surface area contributed by atoms with Gasteiger partial charge in [-0.2, -0.15) is 0 Å². The minimum absolute atomic E-state index is 0.00652. The summed E-state index contributed by atoms with van der Waals surface area (Å²) in [6, 6.07) is 9.08. The molecule has 2 amide bonds. The Bertz CT molecular complexity index is 490. The average Bonchev–Trinajstić information content (AvgIpc) is 2.97. The van der Waals surface area contributed by atoms with Crippen LogP contribution in [-0.2, 0) is 9.59 Å². The molecule has 21 heavy (non-hydrogen) atoms. The molecule has 2 rings (SSSR count). The molecule has 1 aromatic rings. The number of rotatable bonds is 6. The summed E-state index contributed by atoms with van der Waals surface area (Å²) in [5, 5.41) is 0. The first kappa shape index (κ1) is 15.4. The third-order valence-electron chi connectivity index (χ3n) is 3.85. The van der Waals surface area contributed by atoms with Crippen LogP contribution < -0.4 is 10.5 Å². The Morgan fingerprint density at radius 1 is 1.38 bits per heavy atom. The second kappa shape index (κ2) is 7.11. The predicted molar refractivity (Wildman–Crippen MR) is 79.6 cm³/mol. The average molecular weight is 290 g/mol. The van der Waals surface area contributed by atoms with E-state index in [9.17, 15) is 9.59 Å². The molecular weight excluding hydrogens is 268 g/mol. The fourth-order valence-corrected chi connectivity index (χ4v) is 2.60. The van der Waals surface area contributed by atoms with Gasteiger partial charge in [0.15, 0.2) is 0 Å². The lowest BCUT2D eigenvalue weighted by Gasteiger charge is -2.25. The summed E-state index contributed by atoms with van der Waals surface area (Å²) >= 11 is 0. The molecule has 0 bridgehead atoms. The van der Waals surface area contributed by atoms with Crippen LogP contribution >= 0.6 is 0 Å². The molecule has 5 nitrogen and oxygen atoms in total. The Balaban J connectivity index is 1.81. The van der Waals surface area contributed by atoms with Crippen molar-refractivity contribution in [1.29, 1.82) is 0 Å². The number of benzene rings is 1. The Morgan fingerprint density at radius 2 is 2.10 bits per heavy atom. The van der Waals surface area contributed by atoms with Crippen LogP contribution in [0.5, 0.6) is 5.75 Å². The van der Waals surface area contributed by atoms with Crippen molar-refractivity contribution < 1.29 is 14.3 Å². The van der Waals surface area contributed by atoms with Crippen molar-refractivity contribution in [2.75, 3.05) is 13.2 Å². The molecule has 1 heterocycles. The van der Waals surface area contributed by atoms with Crippen molar-refractivity contribution >= 4 is 11.8 Å². The van der Waals surface area contributed by atoms with E-state index in [1.807, 2.05) is 37.3 Å². The van der Waals surface area contributed by atoms with Crippen LogP contribution in [0.4, 0.5) is 0 Å². The van der Waals surface area contributed by atoms with Gasteiger partial charge in [0.1, 0.15) is 11.8 Å². The van der Waals surface area contributed by atoms with Gasteiger partial charge in [0, 0.05) is 12.5 Å². The second-order valence-corrected chi connectivity index (χ2v) is 5.44. The highest BCUT2D eigenvalue weighted by Crippen LogP contribution is 2.21. The highest BCUT2D eigenvalue weighted by atomic mass is 16.5. The van der Waals surface area contributed by atoms with E-state index in [4.69, 9.17) is 10.5 Å². The van der Waals surface area contributed by atoms with Crippen LogP contribution in [0.2, 0.25) is 0 Å². The Morgan fingerprint density at radius 3 is 2.76 bits per heavy atom. The monoisotopic (exact) mass is 290 g/mol. The summed E-state index contributed by atoms with van der Waals surface area (Å²) in [5.41, 5.74) is 5.34. The van der Waals surface area contributed by atoms with Gasteiger partial charge in [-0.25, -0.2) is 0 Å². The largest absolute Gasteiger partial charge is 0.494 e. The van der Waals surface area contributed by atoms with Gasteiger partial charge in [-0.05, 0) is 31.4 Å². The number of likely N-dealkylation sites (tertiary alicyclic amines) is 1. The summed E-state index contributed by atoms with van der Waals surface area (Å²) in [4.78, 5) is 25.3. The lowest BCUT2D eigenvalue weighted by Crippen LogP contribution is -2.45. The van der Waals surface area contributed by atoms with Crippen LogP contribution in [0.1, 0.15) is 26.2 Å². The van der Waals surface area contributed by atoms with Crippen LogP contribution in [0.25, 0.3) is 0 Å². The topological polar surface area (TPSA) is 72.6 Å². The predicted octanol–water partition coefficient (Wildman–Crippen LogP) is 1.57. The van der Waals surface area contributed by atoms with Gasteiger partial charge in [0.05, 0.1) is 6.61 Å². The van der Waals surface area contributed by atoms with Crippen molar-refractivity contribution in [3.05, 3.63) is 30.3 Å². The van der Waals surface area contributed by atoms with Crippen LogP contribution in [0, 0.1) is 5.92 Å². The molecule has 0 saturated carbocycles. The molecule has 0 unspecified atom stereocenters. The summed E-state index contributed by atoms with van der Waals surface area (Å²) in [7, 11) is 0.